The number of nitrogens with zero attached hydrogens (tertiary/aromatic N) is 1. The molecule has 0 aliphatic carbocycles. The monoisotopic (exact) mass is 237 g/mol. The Hall–Kier alpha value is -1.62. The lowest BCUT2D eigenvalue weighted by Crippen LogP contribution is -2.33. The van der Waals surface area contributed by atoms with Crippen molar-refractivity contribution in [1.29, 1.82) is 0 Å². The number of hydrogen-bond acceptors (Lipinski definition) is 4. The molecule has 1 aromatic heterocycles. The lowest BCUT2D eigenvalue weighted by Gasteiger charge is -2.07. The topological polar surface area (TPSA) is 63.2 Å². The first-order chi connectivity index (χ1) is 8.26. The molecular weight excluding hydrogens is 218 g/mol. The molecule has 0 fully saturated rings. The summed E-state index contributed by atoms with van der Waals surface area (Å²) >= 11 is 0. The summed E-state index contributed by atoms with van der Waals surface area (Å²) in [6.07, 6.45) is 2.69. The summed E-state index contributed by atoms with van der Waals surface area (Å²) in [4.78, 5) is 15.4. The molecule has 1 rings (SSSR count). The summed E-state index contributed by atoms with van der Waals surface area (Å²) in [6.45, 7) is 3.77. The van der Waals surface area contributed by atoms with Gasteiger partial charge in [0.05, 0.1) is 13.7 Å². The second-order valence-corrected chi connectivity index (χ2v) is 3.66. The molecule has 0 saturated carbocycles. The van der Waals surface area contributed by atoms with Crippen molar-refractivity contribution in [2.24, 2.45) is 0 Å². The van der Waals surface area contributed by atoms with E-state index in [0.29, 0.717) is 19.0 Å². The summed E-state index contributed by atoms with van der Waals surface area (Å²) in [5.74, 6) is 0.551. The first-order valence-corrected chi connectivity index (χ1v) is 5.72. The fourth-order valence-electron chi connectivity index (χ4n) is 1.31. The Morgan fingerprint density at radius 3 is 3.06 bits per heavy atom. The fraction of sp³-hybridized carbons (Fsp3) is 0.500. The number of rotatable bonds is 7. The van der Waals surface area contributed by atoms with Gasteiger partial charge in [0.2, 0.25) is 11.8 Å². The highest BCUT2D eigenvalue weighted by Crippen LogP contribution is 2.07. The van der Waals surface area contributed by atoms with Crippen LogP contribution in [-0.2, 0) is 11.3 Å². The van der Waals surface area contributed by atoms with E-state index in [2.05, 4.69) is 22.5 Å². The van der Waals surface area contributed by atoms with E-state index in [4.69, 9.17) is 4.74 Å². The third-order valence-electron chi connectivity index (χ3n) is 2.21. The third kappa shape index (κ3) is 5.31. The fourth-order valence-corrected chi connectivity index (χ4v) is 1.31. The van der Waals surface area contributed by atoms with Gasteiger partial charge in [-0.3, -0.25) is 4.79 Å². The quantitative estimate of drug-likeness (QED) is 0.685. The van der Waals surface area contributed by atoms with E-state index in [9.17, 15) is 4.79 Å². The normalized spacial score (nSPS) is 10.0. The van der Waals surface area contributed by atoms with Crippen LogP contribution in [0.2, 0.25) is 0 Å². The molecule has 0 unspecified atom stereocenters. The predicted molar refractivity (Wildman–Crippen MR) is 65.8 cm³/mol. The Morgan fingerprint density at radius 1 is 1.53 bits per heavy atom. The molecule has 5 heteroatoms. The maximum Gasteiger partial charge on any atom is 0.234 e. The standard InChI is InChI=1S/C12H19N3O2/c1-3-5-13-9-11(16)15-8-10-4-6-14-12(7-10)17-2/h4,6-7,13H,3,5,8-9H2,1-2H3,(H,15,16). The van der Waals surface area contributed by atoms with Crippen LogP contribution in [0.15, 0.2) is 18.3 Å². The highest BCUT2D eigenvalue weighted by molar-refractivity contribution is 5.77. The molecule has 0 bridgehead atoms. The number of hydrogen-bond donors (Lipinski definition) is 2. The van der Waals surface area contributed by atoms with Crippen molar-refractivity contribution in [2.45, 2.75) is 19.9 Å². The van der Waals surface area contributed by atoms with E-state index in [1.807, 2.05) is 6.07 Å². The summed E-state index contributed by atoms with van der Waals surface area (Å²) in [5.41, 5.74) is 0.973. The molecule has 0 aliphatic heterocycles. The minimum atomic E-state index is -0.00534. The van der Waals surface area contributed by atoms with Crippen LogP contribution in [-0.4, -0.2) is 31.1 Å². The highest BCUT2D eigenvalue weighted by atomic mass is 16.5. The van der Waals surface area contributed by atoms with Gasteiger partial charge in [0.25, 0.3) is 0 Å². The van der Waals surface area contributed by atoms with E-state index in [1.54, 1.807) is 19.4 Å². The number of pyridine rings is 1. The van der Waals surface area contributed by atoms with Crippen molar-refractivity contribution in [3.63, 3.8) is 0 Å². The first kappa shape index (κ1) is 13.4. The van der Waals surface area contributed by atoms with Gasteiger partial charge in [-0.1, -0.05) is 6.92 Å². The van der Waals surface area contributed by atoms with Crippen LogP contribution in [0.1, 0.15) is 18.9 Å². The molecule has 1 aromatic rings. The Labute approximate surface area is 102 Å². The zero-order chi connectivity index (χ0) is 12.5. The van der Waals surface area contributed by atoms with Crippen LogP contribution in [0.25, 0.3) is 0 Å². The molecule has 94 valence electrons. The summed E-state index contributed by atoms with van der Waals surface area (Å²) in [7, 11) is 1.57. The molecule has 0 saturated heterocycles. The number of amides is 1. The Bertz CT molecular complexity index is 355. The Morgan fingerprint density at radius 2 is 2.35 bits per heavy atom. The number of ether oxygens (including phenoxy) is 1. The average Bonchev–Trinajstić information content (AvgIpc) is 2.37. The van der Waals surface area contributed by atoms with Crippen LogP contribution in [0.5, 0.6) is 5.88 Å². The number of aromatic nitrogens is 1. The SMILES string of the molecule is CCCNCC(=O)NCc1ccnc(OC)c1. The van der Waals surface area contributed by atoms with Crippen LogP contribution < -0.4 is 15.4 Å². The van der Waals surface area contributed by atoms with Gasteiger partial charge >= 0.3 is 0 Å². The molecular formula is C12H19N3O2. The van der Waals surface area contributed by atoms with E-state index >= 15 is 0 Å². The second kappa shape index (κ2) is 7.62. The van der Waals surface area contributed by atoms with Crippen LogP contribution in [0.3, 0.4) is 0 Å². The molecule has 0 aromatic carbocycles. The highest BCUT2D eigenvalue weighted by Gasteiger charge is 2.01. The molecule has 0 atom stereocenters. The van der Waals surface area contributed by atoms with Crippen molar-refractivity contribution in [3.05, 3.63) is 23.9 Å². The second-order valence-electron chi connectivity index (χ2n) is 3.66. The molecule has 17 heavy (non-hydrogen) atoms. The molecule has 2 N–H and O–H groups in total. The van der Waals surface area contributed by atoms with Gasteiger partial charge in [-0.25, -0.2) is 4.98 Å². The number of carbonyl (C=O) groups excluding carboxylic acids is 1. The maximum absolute atomic E-state index is 11.4. The first-order valence-electron chi connectivity index (χ1n) is 5.72. The average molecular weight is 237 g/mol. The maximum atomic E-state index is 11.4. The Kier molecular flexibility index (Phi) is 6.03. The van der Waals surface area contributed by atoms with Gasteiger partial charge in [-0.05, 0) is 24.6 Å². The van der Waals surface area contributed by atoms with E-state index in [0.717, 1.165) is 18.5 Å². The molecule has 0 spiro atoms. The van der Waals surface area contributed by atoms with Gasteiger partial charge in [0, 0.05) is 18.8 Å². The lowest BCUT2D eigenvalue weighted by atomic mass is 10.2. The van der Waals surface area contributed by atoms with E-state index < -0.39 is 0 Å². The number of carbonyl (C=O) groups is 1. The largest absolute Gasteiger partial charge is 0.481 e. The lowest BCUT2D eigenvalue weighted by molar-refractivity contribution is -0.120. The van der Waals surface area contributed by atoms with Crippen molar-refractivity contribution >= 4 is 5.91 Å². The zero-order valence-corrected chi connectivity index (χ0v) is 10.3. The van der Waals surface area contributed by atoms with Gasteiger partial charge in [-0.15, -0.1) is 0 Å². The van der Waals surface area contributed by atoms with E-state index in [-0.39, 0.29) is 5.91 Å². The molecule has 1 heterocycles. The van der Waals surface area contributed by atoms with Crippen molar-refractivity contribution in [3.8, 4) is 5.88 Å². The number of nitrogens with one attached hydrogen (secondary N) is 2. The third-order valence-corrected chi connectivity index (χ3v) is 2.21. The smallest absolute Gasteiger partial charge is 0.234 e. The molecule has 0 radical (unpaired) electrons. The summed E-state index contributed by atoms with van der Waals surface area (Å²) in [5, 5.41) is 5.87. The van der Waals surface area contributed by atoms with Crippen molar-refractivity contribution in [1.82, 2.24) is 15.6 Å². The van der Waals surface area contributed by atoms with Crippen LogP contribution in [0, 0.1) is 0 Å². The van der Waals surface area contributed by atoms with Crippen LogP contribution in [0.4, 0.5) is 0 Å². The summed E-state index contributed by atoms with van der Waals surface area (Å²) < 4.78 is 5.00. The van der Waals surface area contributed by atoms with E-state index in [1.165, 1.54) is 0 Å². The van der Waals surface area contributed by atoms with Crippen molar-refractivity contribution in [2.75, 3.05) is 20.2 Å². The van der Waals surface area contributed by atoms with Gasteiger partial charge in [0.1, 0.15) is 0 Å². The molecule has 0 aliphatic rings. The predicted octanol–water partition coefficient (Wildman–Crippen LogP) is 0.706. The minimum absolute atomic E-state index is 0.00534. The van der Waals surface area contributed by atoms with Gasteiger partial charge in [0.15, 0.2) is 0 Å². The van der Waals surface area contributed by atoms with Gasteiger partial charge in [-0.2, -0.15) is 0 Å². The Balaban J connectivity index is 2.31. The van der Waals surface area contributed by atoms with Crippen molar-refractivity contribution < 1.29 is 9.53 Å². The number of methoxy groups -OCH3 is 1. The molecule has 1 amide bonds. The molecule has 5 nitrogen and oxygen atoms in total. The minimum Gasteiger partial charge on any atom is -0.481 e. The van der Waals surface area contributed by atoms with Crippen LogP contribution >= 0.6 is 0 Å². The summed E-state index contributed by atoms with van der Waals surface area (Å²) in [6, 6.07) is 3.65. The zero-order valence-electron chi connectivity index (χ0n) is 10.3. The van der Waals surface area contributed by atoms with Gasteiger partial charge < -0.3 is 15.4 Å².